The quantitative estimate of drug-likeness (QED) is 0.848. The summed E-state index contributed by atoms with van der Waals surface area (Å²) in [5, 5.41) is 9.51. The Labute approximate surface area is 98.3 Å². The van der Waals surface area contributed by atoms with Crippen LogP contribution in [0.5, 0.6) is 5.75 Å². The minimum atomic E-state index is 0.149. The highest BCUT2D eigenvalue weighted by Gasteiger charge is 2.21. The Bertz CT molecular complexity index is 356. The average molecular weight is 222 g/mol. The lowest BCUT2D eigenvalue weighted by Crippen LogP contribution is -2.14. The summed E-state index contributed by atoms with van der Waals surface area (Å²) in [6, 6.07) is 4.18. The second-order valence-electron chi connectivity index (χ2n) is 4.73. The largest absolute Gasteiger partial charge is 0.496 e. The van der Waals surface area contributed by atoms with Gasteiger partial charge in [-0.05, 0) is 37.0 Å². The summed E-state index contributed by atoms with van der Waals surface area (Å²) in [7, 11) is 1.69. The van der Waals surface area contributed by atoms with Crippen LogP contribution in [0.1, 0.15) is 36.5 Å². The lowest BCUT2D eigenvalue weighted by atomic mass is 9.85. The van der Waals surface area contributed by atoms with E-state index in [-0.39, 0.29) is 12.5 Å². The van der Waals surface area contributed by atoms with Gasteiger partial charge in [0.15, 0.2) is 0 Å². The summed E-state index contributed by atoms with van der Waals surface area (Å²) in [5.74, 6) is 1.45. The zero-order chi connectivity index (χ0) is 12.3. The second-order valence-corrected chi connectivity index (χ2v) is 4.73. The SMILES string of the molecule is COc1cc(C)cc(C)c1C(CO)C(C)C. The summed E-state index contributed by atoms with van der Waals surface area (Å²) in [6.07, 6.45) is 0. The number of benzene rings is 1. The Balaban J connectivity index is 3.29. The highest BCUT2D eigenvalue weighted by atomic mass is 16.5. The molecule has 0 saturated carbocycles. The highest BCUT2D eigenvalue weighted by Crippen LogP contribution is 2.35. The fourth-order valence-electron chi connectivity index (χ4n) is 2.22. The maximum Gasteiger partial charge on any atom is 0.122 e. The van der Waals surface area contributed by atoms with Crippen molar-refractivity contribution in [1.29, 1.82) is 0 Å². The molecule has 0 aliphatic heterocycles. The van der Waals surface area contributed by atoms with Crippen LogP contribution in [0.15, 0.2) is 12.1 Å². The third kappa shape index (κ3) is 2.56. The molecule has 0 saturated heterocycles. The predicted octanol–water partition coefficient (Wildman–Crippen LogP) is 3.04. The van der Waals surface area contributed by atoms with E-state index in [2.05, 4.69) is 33.8 Å². The van der Waals surface area contributed by atoms with E-state index < -0.39 is 0 Å². The second kappa shape index (κ2) is 5.35. The molecule has 0 bridgehead atoms. The maximum absolute atomic E-state index is 9.51. The number of aliphatic hydroxyl groups excluding tert-OH is 1. The van der Waals surface area contributed by atoms with E-state index >= 15 is 0 Å². The third-order valence-electron chi connectivity index (χ3n) is 3.09. The summed E-state index contributed by atoms with van der Waals surface area (Å²) < 4.78 is 5.43. The van der Waals surface area contributed by atoms with E-state index in [1.807, 2.05) is 6.07 Å². The molecule has 1 aromatic rings. The summed E-state index contributed by atoms with van der Waals surface area (Å²) in [6.45, 7) is 8.55. The summed E-state index contributed by atoms with van der Waals surface area (Å²) >= 11 is 0. The van der Waals surface area contributed by atoms with Crippen molar-refractivity contribution >= 4 is 0 Å². The zero-order valence-corrected chi connectivity index (χ0v) is 10.9. The van der Waals surface area contributed by atoms with Crippen LogP contribution >= 0.6 is 0 Å². The lowest BCUT2D eigenvalue weighted by Gasteiger charge is -2.23. The molecule has 0 radical (unpaired) electrons. The Morgan fingerprint density at radius 3 is 2.31 bits per heavy atom. The van der Waals surface area contributed by atoms with Crippen LogP contribution in [0.25, 0.3) is 0 Å². The van der Waals surface area contributed by atoms with Crippen LogP contribution in [-0.4, -0.2) is 18.8 Å². The smallest absolute Gasteiger partial charge is 0.122 e. The van der Waals surface area contributed by atoms with Gasteiger partial charge in [-0.25, -0.2) is 0 Å². The van der Waals surface area contributed by atoms with Gasteiger partial charge >= 0.3 is 0 Å². The monoisotopic (exact) mass is 222 g/mol. The molecule has 1 aromatic carbocycles. The van der Waals surface area contributed by atoms with E-state index in [4.69, 9.17) is 4.74 Å². The van der Waals surface area contributed by atoms with Gasteiger partial charge in [0, 0.05) is 11.5 Å². The molecule has 1 unspecified atom stereocenters. The Hall–Kier alpha value is -1.02. The molecule has 1 rings (SSSR count). The van der Waals surface area contributed by atoms with Gasteiger partial charge in [-0.1, -0.05) is 19.9 Å². The van der Waals surface area contributed by atoms with Crippen LogP contribution in [0.3, 0.4) is 0 Å². The van der Waals surface area contributed by atoms with Crippen LogP contribution in [0.2, 0.25) is 0 Å². The molecule has 0 fully saturated rings. The first-order valence-corrected chi connectivity index (χ1v) is 5.77. The average Bonchev–Trinajstić information content (AvgIpc) is 2.21. The molecule has 2 heteroatoms. The summed E-state index contributed by atoms with van der Waals surface area (Å²) in [5.41, 5.74) is 3.54. The van der Waals surface area contributed by atoms with Gasteiger partial charge in [-0.2, -0.15) is 0 Å². The van der Waals surface area contributed by atoms with Gasteiger partial charge in [0.25, 0.3) is 0 Å². The molecule has 0 aliphatic rings. The standard InChI is InChI=1S/C14H22O2/c1-9(2)12(8-15)14-11(4)6-10(3)7-13(14)16-5/h6-7,9,12,15H,8H2,1-5H3. The number of ether oxygens (including phenoxy) is 1. The van der Waals surface area contributed by atoms with E-state index in [0.29, 0.717) is 5.92 Å². The molecular weight excluding hydrogens is 200 g/mol. The first-order chi connectivity index (χ1) is 7.51. The van der Waals surface area contributed by atoms with Crippen molar-refractivity contribution < 1.29 is 9.84 Å². The third-order valence-corrected chi connectivity index (χ3v) is 3.09. The number of hydrogen-bond donors (Lipinski definition) is 1. The first kappa shape index (κ1) is 13.0. The van der Waals surface area contributed by atoms with Crippen molar-refractivity contribution in [3.63, 3.8) is 0 Å². The van der Waals surface area contributed by atoms with E-state index in [1.54, 1.807) is 7.11 Å². The van der Waals surface area contributed by atoms with Gasteiger partial charge in [0.1, 0.15) is 5.75 Å². The lowest BCUT2D eigenvalue weighted by molar-refractivity contribution is 0.233. The van der Waals surface area contributed by atoms with Crippen LogP contribution in [-0.2, 0) is 0 Å². The van der Waals surface area contributed by atoms with Gasteiger partial charge in [-0.15, -0.1) is 0 Å². The molecule has 16 heavy (non-hydrogen) atoms. The van der Waals surface area contributed by atoms with Gasteiger partial charge in [-0.3, -0.25) is 0 Å². The fraction of sp³-hybridized carbons (Fsp3) is 0.571. The van der Waals surface area contributed by atoms with Crippen molar-refractivity contribution in [2.45, 2.75) is 33.6 Å². The molecule has 1 atom stereocenters. The van der Waals surface area contributed by atoms with Crippen LogP contribution in [0, 0.1) is 19.8 Å². The molecule has 0 aromatic heterocycles. The molecule has 2 nitrogen and oxygen atoms in total. The predicted molar refractivity (Wildman–Crippen MR) is 67.1 cm³/mol. The molecule has 90 valence electrons. The number of methoxy groups -OCH3 is 1. The Morgan fingerprint density at radius 1 is 1.25 bits per heavy atom. The van der Waals surface area contributed by atoms with Crippen molar-refractivity contribution in [2.24, 2.45) is 5.92 Å². The first-order valence-electron chi connectivity index (χ1n) is 5.77. The maximum atomic E-state index is 9.51. The number of rotatable bonds is 4. The van der Waals surface area contributed by atoms with Crippen LogP contribution < -0.4 is 4.74 Å². The fourth-order valence-corrected chi connectivity index (χ4v) is 2.22. The van der Waals surface area contributed by atoms with Gasteiger partial charge in [0.2, 0.25) is 0 Å². The van der Waals surface area contributed by atoms with E-state index in [1.165, 1.54) is 11.1 Å². The van der Waals surface area contributed by atoms with Crippen molar-refractivity contribution in [1.82, 2.24) is 0 Å². The van der Waals surface area contributed by atoms with Gasteiger partial charge < -0.3 is 9.84 Å². The molecule has 0 amide bonds. The van der Waals surface area contributed by atoms with Gasteiger partial charge in [0.05, 0.1) is 13.7 Å². The highest BCUT2D eigenvalue weighted by molar-refractivity contribution is 5.45. The van der Waals surface area contributed by atoms with Crippen molar-refractivity contribution in [3.8, 4) is 5.75 Å². The molecule has 0 aliphatic carbocycles. The summed E-state index contributed by atoms with van der Waals surface area (Å²) in [4.78, 5) is 0. The van der Waals surface area contributed by atoms with E-state index in [9.17, 15) is 5.11 Å². The minimum absolute atomic E-state index is 0.149. The Kier molecular flexibility index (Phi) is 4.36. The van der Waals surface area contributed by atoms with Crippen LogP contribution in [0.4, 0.5) is 0 Å². The molecule has 0 spiro atoms. The number of hydrogen-bond acceptors (Lipinski definition) is 2. The molecule has 1 N–H and O–H groups in total. The number of aryl methyl sites for hydroxylation is 2. The molecular formula is C14H22O2. The van der Waals surface area contributed by atoms with Crippen molar-refractivity contribution in [2.75, 3.05) is 13.7 Å². The Morgan fingerprint density at radius 2 is 1.88 bits per heavy atom. The number of aliphatic hydroxyl groups is 1. The normalized spacial score (nSPS) is 12.9. The van der Waals surface area contributed by atoms with Crippen molar-refractivity contribution in [3.05, 3.63) is 28.8 Å². The zero-order valence-electron chi connectivity index (χ0n) is 10.9. The topological polar surface area (TPSA) is 29.5 Å². The minimum Gasteiger partial charge on any atom is -0.496 e. The molecule has 0 heterocycles. The van der Waals surface area contributed by atoms with E-state index in [0.717, 1.165) is 11.3 Å².